The molecule has 0 unspecified atom stereocenters. The zero-order chi connectivity index (χ0) is 22.4. The Balaban J connectivity index is 1.92. The molecule has 0 saturated heterocycles. The number of nitrogens with zero attached hydrogens (tertiary/aromatic N) is 1. The number of hydrogen-bond donors (Lipinski definition) is 1. The van der Waals surface area contributed by atoms with Gasteiger partial charge in [0.05, 0.1) is 17.2 Å². The maximum absolute atomic E-state index is 13.4. The van der Waals surface area contributed by atoms with Gasteiger partial charge in [0.1, 0.15) is 12.3 Å². The Morgan fingerprint density at radius 2 is 1.58 bits per heavy atom. The number of amides is 1. The van der Waals surface area contributed by atoms with Gasteiger partial charge < -0.3 is 10.1 Å². The number of halogens is 1. The number of anilines is 2. The molecule has 3 rings (SSSR count). The van der Waals surface area contributed by atoms with Gasteiger partial charge in [0.2, 0.25) is 5.91 Å². The van der Waals surface area contributed by atoms with Gasteiger partial charge in [-0.1, -0.05) is 29.3 Å². The lowest BCUT2D eigenvalue weighted by molar-refractivity contribution is -0.114. The van der Waals surface area contributed by atoms with E-state index in [0.717, 1.165) is 9.87 Å². The molecule has 0 fully saturated rings. The topological polar surface area (TPSA) is 75.7 Å². The van der Waals surface area contributed by atoms with E-state index in [9.17, 15) is 13.2 Å². The first-order chi connectivity index (χ1) is 14.8. The normalized spacial score (nSPS) is 11.1. The van der Waals surface area contributed by atoms with Gasteiger partial charge >= 0.3 is 0 Å². The molecule has 6 nitrogen and oxygen atoms in total. The van der Waals surface area contributed by atoms with Crippen molar-refractivity contribution in [1.29, 1.82) is 0 Å². The summed E-state index contributed by atoms with van der Waals surface area (Å²) in [6, 6.07) is 19.6. The van der Waals surface area contributed by atoms with Crippen molar-refractivity contribution < 1.29 is 17.9 Å². The Labute approximate surface area is 187 Å². The quantitative estimate of drug-likeness (QED) is 0.522. The fraction of sp³-hybridized carbons (Fsp3) is 0.174. The Morgan fingerprint density at radius 3 is 2.16 bits per heavy atom. The van der Waals surface area contributed by atoms with Crippen LogP contribution in [0.1, 0.15) is 12.5 Å². The van der Waals surface area contributed by atoms with Crippen LogP contribution in [0.25, 0.3) is 0 Å². The standard InChI is InChI=1S/C23H23ClN2O4S/c1-3-30-21-12-10-20(11-13-21)26(31(28,29)22-14-6-18(24)7-15-22)16-23(27)25-19-8-4-17(2)5-9-19/h4-15H,3,16H2,1-2H3,(H,25,27). The van der Waals surface area contributed by atoms with Gasteiger partial charge in [0, 0.05) is 10.7 Å². The third-order valence-corrected chi connectivity index (χ3v) is 6.50. The van der Waals surface area contributed by atoms with Crippen molar-refractivity contribution in [2.75, 3.05) is 22.8 Å². The lowest BCUT2D eigenvalue weighted by Gasteiger charge is -2.24. The van der Waals surface area contributed by atoms with E-state index < -0.39 is 22.5 Å². The van der Waals surface area contributed by atoms with Gasteiger partial charge in [-0.2, -0.15) is 0 Å². The lowest BCUT2D eigenvalue weighted by Crippen LogP contribution is -2.38. The van der Waals surface area contributed by atoms with E-state index in [-0.39, 0.29) is 4.90 Å². The molecule has 0 atom stereocenters. The summed E-state index contributed by atoms with van der Waals surface area (Å²) in [5.41, 5.74) is 1.99. The van der Waals surface area contributed by atoms with E-state index in [0.29, 0.717) is 28.8 Å². The van der Waals surface area contributed by atoms with Gasteiger partial charge in [-0.15, -0.1) is 0 Å². The van der Waals surface area contributed by atoms with Crippen LogP contribution in [0.15, 0.2) is 77.7 Å². The van der Waals surface area contributed by atoms with Crippen molar-refractivity contribution in [1.82, 2.24) is 0 Å². The molecule has 0 aliphatic rings. The molecule has 162 valence electrons. The second-order valence-corrected chi connectivity index (χ2v) is 9.11. The van der Waals surface area contributed by atoms with Crippen LogP contribution in [0.2, 0.25) is 5.02 Å². The number of ether oxygens (including phenoxy) is 1. The van der Waals surface area contributed by atoms with Gasteiger partial charge in [0.25, 0.3) is 10.0 Å². The minimum Gasteiger partial charge on any atom is -0.494 e. The average molecular weight is 459 g/mol. The molecule has 0 heterocycles. The van der Waals surface area contributed by atoms with Crippen molar-refractivity contribution in [2.24, 2.45) is 0 Å². The number of rotatable bonds is 8. The first kappa shape index (κ1) is 22.7. The molecule has 0 bridgehead atoms. The third kappa shape index (κ3) is 5.77. The minimum atomic E-state index is -4.02. The first-order valence-electron chi connectivity index (χ1n) is 9.67. The summed E-state index contributed by atoms with van der Waals surface area (Å²) in [7, 11) is -4.02. The van der Waals surface area contributed by atoms with Crippen LogP contribution in [0.3, 0.4) is 0 Å². The highest BCUT2D eigenvalue weighted by Crippen LogP contribution is 2.27. The van der Waals surface area contributed by atoms with Gasteiger partial charge in [0.15, 0.2) is 0 Å². The zero-order valence-corrected chi connectivity index (χ0v) is 18.8. The highest BCUT2D eigenvalue weighted by molar-refractivity contribution is 7.92. The zero-order valence-electron chi connectivity index (χ0n) is 17.2. The van der Waals surface area contributed by atoms with Gasteiger partial charge in [-0.3, -0.25) is 9.10 Å². The van der Waals surface area contributed by atoms with Crippen LogP contribution in [0, 0.1) is 6.92 Å². The Morgan fingerprint density at radius 1 is 0.968 bits per heavy atom. The fourth-order valence-corrected chi connectivity index (χ4v) is 4.44. The summed E-state index contributed by atoms with van der Waals surface area (Å²) in [5, 5.41) is 3.16. The molecule has 3 aromatic rings. The van der Waals surface area contributed by atoms with E-state index >= 15 is 0 Å². The predicted molar refractivity (Wildman–Crippen MR) is 123 cm³/mol. The molecule has 0 aliphatic heterocycles. The number of sulfonamides is 1. The van der Waals surface area contributed by atoms with E-state index in [4.69, 9.17) is 16.3 Å². The smallest absolute Gasteiger partial charge is 0.264 e. The molecular weight excluding hydrogens is 436 g/mol. The first-order valence-corrected chi connectivity index (χ1v) is 11.5. The van der Waals surface area contributed by atoms with Crippen molar-refractivity contribution in [2.45, 2.75) is 18.7 Å². The number of hydrogen-bond acceptors (Lipinski definition) is 4. The SMILES string of the molecule is CCOc1ccc(N(CC(=O)Nc2ccc(C)cc2)S(=O)(=O)c2ccc(Cl)cc2)cc1. The highest BCUT2D eigenvalue weighted by atomic mass is 35.5. The van der Waals surface area contributed by atoms with Gasteiger partial charge in [-0.25, -0.2) is 8.42 Å². The molecule has 1 amide bonds. The molecule has 0 aromatic heterocycles. The molecule has 0 saturated carbocycles. The molecule has 1 N–H and O–H groups in total. The maximum atomic E-state index is 13.4. The van der Waals surface area contributed by atoms with E-state index in [1.54, 1.807) is 36.4 Å². The second kappa shape index (κ2) is 9.85. The van der Waals surface area contributed by atoms with Crippen molar-refractivity contribution in [3.05, 3.63) is 83.4 Å². The third-order valence-electron chi connectivity index (χ3n) is 4.46. The molecular formula is C23H23ClN2O4S. The molecule has 0 aliphatic carbocycles. The summed E-state index contributed by atoms with van der Waals surface area (Å²) in [5.74, 6) is 0.148. The van der Waals surface area contributed by atoms with Gasteiger partial charge in [-0.05, 0) is 74.5 Å². The largest absolute Gasteiger partial charge is 0.494 e. The summed E-state index contributed by atoms with van der Waals surface area (Å²) >= 11 is 5.90. The second-order valence-electron chi connectivity index (χ2n) is 6.81. The molecule has 0 spiro atoms. The van der Waals surface area contributed by atoms with Crippen LogP contribution in [-0.2, 0) is 14.8 Å². The highest BCUT2D eigenvalue weighted by Gasteiger charge is 2.27. The number of carbonyl (C=O) groups excluding carboxylic acids is 1. The Hall–Kier alpha value is -3.03. The predicted octanol–water partition coefficient (Wildman–Crippen LogP) is 4.88. The van der Waals surface area contributed by atoms with E-state index in [1.807, 2.05) is 26.0 Å². The lowest BCUT2D eigenvalue weighted by atomic mass is 10.2. The van der Waals surface area contributed by atoms with Crippen molar-refractivity contribution in [3.8, 4) is 5.75 Å². The molecule has 0 radical (unpaired) electrons. The van der Waals surface area contributed by atoms with Crippen LogP contribution in [-0.4, -0.2) is 27.5 Å². The number of carbonyl (C=O) groups is 1. The summed E-state index contributed by atoms with van der Waals surface area (Å²) in [4.78, 5) is 12.8. The summed E-state index contributed by atoms with van der Waals surface area (Å²) in [6.45, 7) is 3.90. The summed E-state index contributed by atoms with van der Waals surface area (Å²) in [6.07, 6.45) is 0. The van der Waals surface area contributed by atoms with Crippen LogP contribution in [0.4, 0.5) is 11.4 Å². The Bertz CT molecular complexity index is 1130. The number of aryl methyl sites for hydroxylation is 1. The molecule has 3 aromatic carbocycles. The maximum Gasteiger partial charge on any atom is 0.264 e. The summed E-state index contributed by atoms with van der Waals surface area (Å²) < 4.78 is 33.2. The molecule has 8 heteroatoms. The van der Waals surface area contributed by atoms with Crippen molar-refractivity contribution >= 4 is 38.9 Å². The van der Waals surface area contributed by atoms with Crippen molar-refractivity contribution in [3.63, 3.8) is 0 Å². The molecule has 31 heavy (non-hydrogen) atoms. The monoisotopic (exact) mass is 458 g/mol. The van der Waals surface area contributed by atoms with E-state index in [1.165, 1.54) is 24.3 Å². The minimum absolute atomic E-state index is 0.0360. The van der Waals surface area contributed by atoms with Crippen LogP contribution >= 0.6 is 11.6 Å². The fourth-order valence-electron chi connectivity index (χ4n) is 2.89. The number of nitrogens with one attached hydrogen (secondary N) is 1. The Kier molecular flexibility index (Phi) is 7.20. The van der Waals surface area contributed by atoms with Crippen LogP contribution < -0.4 is 14.4 Å². The van der Waals surface area contributed by atoms with Crippen LogP contribution in [0.5, 0.6) is 5.75 Å². The average Bonchev–Trinajstić information content (AvgIpc) is 2.75. The van der Waals surface area contributed by atoms with E-state index in [2.05, 4.69) is 5.32 Å². The number of benzene rings is 3.